The SMILES string of the molecule is c1ccc(-c2ccc(N(c3ccc(-c4ccccc4)cc3)c3cc4c5ccc6c(c7ccccc7n6-c6nc(-c7ccccc7)c7sc8ccccc8c7n6)c5oc4c4ccccc34)cc2)cc1. The van der Waals surface area contributed by atoms with Crippen molar-refractivity contribution in [2.24, 2.45) is 0 Å². The topological polar surface area (TPSA) is 47.1 Å². The summed E-state index contributed by atoms with van der Waals surface area (Å²) in [4.78, 5) is 13.2. The molecule has 4 aromatic heterocycles. The molecule has 68 heavy (non-hydrogen) atoms. The standard InChI is InChI=1S/C62H38N4OS/c1-4-16-39(17-5-1)41-28-32-44(33-29-41)65(45-34-30-42(31-35-45)40-18-6-2-7-19-40)54-38-51-48-36-37-53-56(60(48)67-59(51)47-23-11-10-22-46(47)54)49-24-12-14-26-52(49)66(53)62-63-57(43-20-8-3-9-21-43)61-58(64-62)50-25-13-15-27-55(50)68-61/h1-38H. The number of thiophene rings is 1. The molecule has 0 N–H and O–H groups in total. The molecule has 0 aliphatic carbocycles. The maximum atomic E-state index is 7.25. The Morgan fingerprint density at radius 2 is 0.926 bits per heavy atom. The maximum absolute atomic E-state index is 7.25. The van der Waals surface area contributed by atoms with Crippen LogP contribution in [-0.2, 0) is 0 Å². The molecule has 0 saturated carbocycles. The number of hydrogen-bond donors (Lipinski definition) is 0. The van der Waals surface area contributed by atoms with Crippen LogP contribution in [0.1, 0.15) is 0 Å². The predicted octanol–water partition coefficient (Wildman–Crippen LogP) is 17.5. The maximum Gasteiger partial charge on any atom is 0.235 e. The summed E-state index contributed by atoms with van der Waals surface area (Å²) < 4.78 is 11.7. The molecule has 0 radical (unpaired) electrons. The molecule has 5 nitrogen and oxygen atoms in total. The van der Waals surface area contributed by atoms with E-state index in [0.29, 0.717) is 5.95 Å². The zero-order valence-electron chi connectivity index (χ0n) is 36.5. The minimum Gasteiger partial charge on any atom is -0.455 e. The predicted molar refractivity (Wildman–Crippen MR) is 285 cm³/mol. The first-order chi connectivity index (χ1) is 33.7. The number of furan rings is 1. The highest BCUT2D eigenvalue weighted by Gasteiger charge is 2.25. The van der Waals surface area contributed by atoms with Gasteiger partial charge in [-0.05, 0) is 76.9 Å². The molecule has 0 aliphatic heterocycles. The van der Waals surface area contributed by atoms with E-state index in [1.807, 2.05) is 0 Å². The number of aromatic nitrogens is 3. The summed E-state index contributed by atoms with van der Waals surface area (Å²) >= 11 is 1.75. The molecule has 0 unspecified atom stereocenters. The zero-order valence-corrected chi connectivity index (χ0v) is 37.4. The first-order valence-electron chi connectivity index (χ1n) is 22.9. The lowest BCUT2D eigenvalue weighted by atomic mass is 10.00. The van der Waals surface area contributed by atoms with Gasteiger partial charge >= 0.3 is 0 Å². The van der Waals surface area contributed by atoms with Crippen LogP contribution in [0.5, 0.6) is 0 Å². The molecule has 318 valence electrons. The number of para-hydroxylation sites is 1. The van der Waals surface area contributed by atoms with E-state index in [1.165, 1.54) is 27.0 Å². The largest absolute Gasteiger partial charge is 0.455 e. The summed E-state index contributed by atoms with van der Waals surface area (Å²) in [6.07, 6.45) is 0. The molecular formula is C62H38N4OS. The molecule has 6 heteroatoms. The lowest BCUT2D eigenvalue weighted by molar-refractivity contribution is 0.676. The van der Waals surface area contributed by atoms with Crippen molar-refractivity contribution < 1.29 is 4.42 Å². The van der Waals surface area contributed by atoms with Gasteiger partial charge in [-0.25, -0.2) is 9.97 Å². The van der Waals surface area contributed by atoms with Crippen molar-refractivity contribution in [3.63, 3.8) is 0 Å². The Kier molecular flexibility index (Phi) is 8.69. The van der Waals surface area contributed by atoms with Crippen molar-refractivity contribution in [2.45, 2.75) is 0 Å². The fraction of sp³-hybridized carbons (Fsp3) is 0. The third-order valence-electron chi connectivity index (χ3n) is 13.4. The summed E-state index contributed by atoms with van der Waals surface area (Å²) in [6, 6.07) is 82.0. The quantitative estimate of drug-likeness (QED) is 0.160. The summed E-state index contributed by atoms with van der Waals surface area (Å²) in [5.41, 5.74) is 14.5. The van der Waals surface area contributed by atoms with E-state index in [4.69, 9.17) is 14.4 Å². The first-order valence-corrected chi connectivity index (χ1v) is 23.7. The number of fused-ring (bicyclic) bond motifs is 12. The van der Waals surface area contributed by atoms with E-state index in [9.17, 15) is 0 Å². The Morgan fingerprint density at radius 3 is 1.59 bits per heavy atom. The van der Waals surface area contributed by atoms with Crippen LogP contribution in [0.25, 0.3) is 114 Å². The normalized spacial score (nSPS) is 11.8. The number of rotatable bonds is 7. The molecule has 14 rings (SSSR count). The molecule has 10 aromatic carbocycles. The zero-order chi connectivity index (χ0) is 44.7. The molecule has 0 spiro atoms. The summed E-state index contributed by atoms with van der Waals surface area (Å²) in [5.74, 6) is 0.626. The first kappa shape index (κ1) is 38.4. The Balaban J connectivity index is 1.01. The number of anilines is 3. The van der Waals surface area contributed by atoms with Crippen molar-refractivity contribution >= 4 is 103 Å². The van der Waals surface area contributed by atoms with Gasteiger partial charge in [-0.2, -0.15) is 0 Å². The smallest absolute Gasteiger partial charge is 0.235 e. The molecule has 0 atom stereocenters. The van der Waals surface area contributed by atoms with Crippen LogP contribution in [0.2, 0.25) is 0 Å². The van der Waals surface area contributed by atoms with Crippen LogP contribution < -0.4 is 4.90 Å². The van der Waals surface area contributed by atoms with Gasteiger partial charge in [0.15, 0.2) is 0 Å². The fourth-order valence-electron chi connectivity index (χ4n) is 10.3. The van der Waals surface area contributed by atoms with Gasteiger partial charge in [0.1, 0.15) is 11.2 Å². The van der Waals surface area contributed by atoms with Crippen LogP contribution in [0, 0.1) is 0 Å². The highest BCUT2D eigenvalue weighted by molar-refractivity contribution is 7.26. The van der Waals surface area contributed by atoms with Gasteiger partial charge in [0.25, 0.3) is 0 Å². The number of hydrogen-bond acceptors (Lipinski definition) is 5. The summed E-state index contributed by atoms with van der Waals surface area (Å²) in [6.45, 7) is 0. The van der Waals surface area contributed by atoms with Crippen molar-refractivity contribution in [1.29, 1.82) is 0 Å². The van der Waals surface area contributed by atoms with Gasteiger partial charge in [0.05, 0.1) is 38.0 Å². The monoisotopic (exact) mass is 886 g/mol. The Morgan fingerprint density at radius 1 is 0.397 bits per heavy atom. The van der Waals surface area contributed by atoms with Crippen LogP contribution in [-0.4, -0.2) is 14.5 Å². The molecule has 0 bridgehead atoms. The minimum absolute atomic E-state index is 0.626. The molecule has 14 aromatic rings. The van der Waals surface area contributed by atoms with Crippen molar-refractivity contribution in [2.75, 3.05) is 4.90 Å². The molecule has 0 fully saturated rings. The molecule has 0 amide bonds. The summed E-state index contributed by atoms with van der Waals surface area (Å²) in [5, 5.41) is 7.48. The van der Waals surface area contributed by atoms with Gasteiger partial charge in [-0.1, -0.05) is 176 Å². The Labute approximate surface area is 395 Å². The van der Waals surface area contributed by atoms with Crippen LogP contribution in [0.4, 0.5) is 17.1 Å². The molecular weight excluding hydrogens is 849 g/mol. The van der Waals surface area contributed by atoms with Crippen molar-refractivity contribution in [1.82, 2.24) is 14.5 Å². The lowest BCUT2D eigenvalue weighted by Crippen LogP contribution is -2.10. The van der Waals surface area contributed by atoms with E-state index < -0.39 is 0 Å². The van der Waals surface area contributed by atoms with E-state index in [-0.39, 0.29) is 0 Å². The molecule has 4 heterocycles. The second kappa shape index (κ2) is 15.4. The van der Waals surface area contributed by atoms with Crippen LogP contribution in [0.3, 0.4) is 0 Å². The van der Waals surface area contributed by atoms with Gasteiger partial charge < -0.3 is 9.32 Å². The third-order valence-corrected chi connectivity index (χ3v) is 14.6. The van der Waals surface area contributed by atoms with Crippen molar-refractivity contribution in [3.05, 3.63) is 231 Å². The second-order valence-corrected chi connectivity index (χ2v) is 18.3. The van der Waals surface area contributed by atoms with E-state index >= 15 is 0 Å². The van der Waals surface area contributed by atoms with E-state index in [2.05, 4.69) is 240 Å². The average molecular weight is 887 g/mol. The third kappa shape index (κ3) is 6.01. The van der Waals surface area contributed by atoms with E-state index in [1.54, 1.807) is 11.3 Å². The van der Waals surface area contributed by atoms with Crippen LogP contribution in [0.15, 0.2) is 235 Å². The molecule has 0 saturated heterocycles. The van der Waals surface area contributed by atoms with Gasteiger partial charge in [0, 0.05) is 54.0 Å². The van der Waals surface area contributed by atoms with E-state index in [0.717, 1.165) is 98.4 Å². The van der Waals surface area contributed by atoms with Gasteiger partial charge in [0.2, 0.25) is 5.95 Å². The van der Waals surface area contributed by atoms with Crippen LogP contribution >= 0.6 is 11.3 Å². The number of benzene rings is 10. The highest BCUT2D eigenvalue weighted by atomic mass is 32.1. The van der Waals surface area contributed by atoms with Gasteiger partial charge in [-0.3, -0.25) is 4.57 Å². The minimum atomic E-state index is 0.626. The van der Waals surface area contributed by atoms with Gasteiger partial charge in [-0.15, -0.1) is 11.3 Å². The Hall–Kier alpha value is -8.84. The number of nitrogens with zero attached hydrogens (tertiary/aromatic N) is 4. The lowest BCUT2D eigenvalue weighted by Gasteiger charge is -2.27. The second-order valence-electron chi connectivity index (χ2n) is 17.3. The fourth-order valence-corrected chi connectivity index (χ4v) is 11.4. The Bertz CT molecular complexity index is 4150. The van der Waals surface area contributed by atoms with Crippen molar-refractivity contribution in [3.8, 4) is 39.5 Å². The highest BCUT2D eigenvalue weighted by Crippen LogP contribution is 2.48. The summed E-state index contributed by atoms with van der Waals surface area (Å²) in [7, 11) is 0. The molecule has 0 aliphatic rings. The average Bonchev–Trinajstić information content (AvgIpc) is 4.09.